The van der Waals surface area contributed by atoms with E-state index in [2.05, 4.69) is 0 Å². The van der Waals surface area contributed by atoms with Crippen molar-refractivity contribution in [1.29, 1.82) is 0 Å². The first-order valence-corrected chi connectivity index (χ1v) is 5.33. The summed E-state index contributed by atoms with van der Waals surface area (Å²) in [5.41, 5.74) is 0. The summed E-state index contributed by atoms with van der Waals surface area (Å²) in [6.45, 7) is -0.760. The van der Waals surface area contributed by atoms with Gasteiger partial charge in [-0.1, -0.05) is 0 Å². The van der Waals surface area contributed by atoms with E-state index in [0.717, 1.165) is 0 Å². The van der Waals surface area contributed by atoms with Crippen molar-refractivity contribution in [2.45, 2.75) is 24.4 Å². The van der Waals surface area contributed by atoms with Gasteiger partial charge >= 0.3 is 37.7 Å². The third kappa shape index (κ3) is 14.7. The largest absolute Gasteiger partial charge is 2.00 e. The first-order valence-electron chi connectivity index (χ1n) is 3.99. The molecule has 4 atom stereocenters. The van der Waals surface area contributed by atoms with E-state index in [1.54, 1.807) is 0 Å². The number of hydrogen-bond acceptors (Lipinski definition) is 10. The molecule has 0 aromatic heterocycles. The average Bonchev–Trinajstić information content (AvgIpc) is 2.22. The molecular formula is C6H12CaO10S. The van der Waals surface area contributed by atoms with Crippen LogP contribution in [0.5, 0.6) is 0 Å². The molecule has 0 bridgehead atoms. The fourth-order valence-electron chi connectivity index (χ4n) is 0.618. The predicted octanol–water partition coefficient (Wildman–Crippen LogP) is -5.10. The SMILES string of the molecule is O=CC(O)C(O)C(O)C(O)CO.O=S(=O)([O-])[O-].[Ca+2]. The number of carbonyl (C=O) groups excluding carboxylic acids is 1. The molecule has 0 aromatic rings. The Morgan fingerprint density at radius 1 is 1.06 bits per heavy atom. The molecule has 4 unspecified atom stereocenters. The van der Waals surface area contributed by atoms with Gasteiger partial charge in [0.25, 0.3) is 0 Å². The molecule has 0 spiro atoms. The average molecular weight is 316 g/mol. The van der Waals surface area contributed by atoms with Crippen molar-refractivity contribution in [3.8, 4) is 0 Å². The minimum absolute atomic E-state index is 0. The van der Waals surface area contributed by atoms with Gasteiger partial charge in [0.2, 0.25) is 0 Å². The van der Waals surface area contributed by atoms with Crippen molar-refractivity contribution in [3.05, 3.63) is 0 Å². The minimum atomic E-state index is -5.17. The molecule has 0 aliphatic heterocycles. The Morgan fingerprint density at radius 3 is 1.61 bits per heavy atom. The van der Waals surface area contributed by atoms with Crippen molar-refractivity contribution in [3.63, 3.8) is 0 Å². The molecule has 0 aliphatic carbocycles. The van der Waals surface area contributed by atoms with E-state index in [1.807, 2.05) is 0 Å². The summed E-state index contributed by atoms with van der Waals surface area (Å²) in [7, 11) is -5.17. The smallest absolute Gasteiger partial charge is 0.759 e. The topological polar surface area (TPSA) is 198 Å². The Kier molecular flexibility index (Phi) is 15.0. The first kappa shape index (κ1) is 23.7. The molecular weight excluding hydrogens is 304 g/mol. The number of aliphatic hydroxyl groups excluding tert-OH is 5. The Balaban J connectivity index is -0.000000321. The van der Waals surface area contributed by atoms with Gasteiger partial charge in [-0.25, -0.2) is 0 Å². The molecule has 0 aromatic carbocycles. The van der Waals surface area contributed by atoms with Gasteiger partial charge < -0.3 is 39.4 Å². The van der Waals surface area contributed by atoms with Crippen LogP contribution in [0.3, 0.4) is 0 Å². The van der Waals surface area contributed by atoms with Gasteiger partial charge in [-0.2, -0.15) is 0 Å². The maximum Gasteiger partial charge on any atom is 2.00 e. The predicted molar refractivity (Wildman–Crippen MR) is 53.4 cm³/mol. The first-order chi connectivity index (χ1) is 7.54. The van der Waals surface area contributed by atoms with E-state index < -0.39 is 41.4 Å². The Labute approximate surface area is 132 Å². The number of aldehydes is 1. The summed E-state index contributed by atoms with van der Waals surface area (Å²) in [5.74, 6) is 0. The van der Waals surface area contributed by atoms with Crippen molar-refractivity contribution < 1.29 is 47.9 Å². The summed E-state index contributed by atoms with van der Waals surface area (Å²) < 4.78 is 34.1. The van der Waals surface area contributed by atoms with Gasteiger partial charge in [0.15, 0.2) is 6.29 Å². The molecule has 104 valence electrons. The summed E-state index contributed by atoms with van der Waals surface area (Å²) in [6, 6.07) is 0. The van der Waals surface area contributed by atoms with Crippen LogP contribution in [-0.4, -0.2) is 118 Å². The van der Waals surface area contributed by atoms with Crippen LogP contribution >= 0.6 is 0 Å². The number of rotatable bonds is 5. The monoisotopic (exact) mass is 316 g/mol. The van der Waals surface area contributed by atoms with Crippen LogP contribution in [-0.2, 0) is 15.2 Å². The van der Waals surface area contributed by atoms with Crippen LogP contribution < -0.4 is 0 Å². The molecule has 0 heterocycles. The minimum Gasteiger partial charge on any atom is -0.759 e. The molecule has 0 aliphatic rings. The van der Waals surface area contributed by atoms with Crippen LogP contribution in [0.4, 0.5) is 0 Å². The second kappa shape index (κ2) is 11.4. The van der Waals surface area contributed by atoms with Crippen molar-refractivity contribution >= 4 is 54.4 Å². The van der Waals surface area contributed by atoms with Crippen LogP contribution in [0, 0.1) is 0 Å². The fraction of sp³-hybridized carbons (Fsp3) is 0.833. The van der Waals surface area contributed by atoms with E-state index in [-0.39, 0.29) is 44.0 Å². The quantitative estimate of drug-likeness (QED) is 0.141. The molecule has 0 fully saturated rings. The van der Waals surface area contributed by atoms with E-state index in [9.17, 15) is 4.79 Å². The fourth-order valence-corrected chi connectivity index (χ4v) is 0.618. The zero-order valence-corrected chi connectivity index (χ0v) is 12.0. The van der Waals surface area contributed by atoms with Gasteiger partial charge in [0, 0.05) is 10.4 Å². The number of carbonyl (C=O) groups is 1. The number of aliphatic hydroxyl groups is 5. The van der Waals surface area contributed by atoms with Gasteiger partial charge in [-0.15, -0.1) is 0 Å². The molecule has 18 heavy (non-hydrogen) atoms. The van der Waals surface area contributed by atoms with Crippen LogP contribution in [0.15, 0.2) is 0 Å². The molecule has 0 rings (SSSR count). The molecule has 12 heteroatoms. The molecule has 5 N–H and O–H groups in total. The molecule has 0 saturated carbocycles. The van der Waals surface area contributed by atoms with Gasteiger partial charge in [-0.3, -0.25) is 8.42 Å². The van der Waals surface area contributed by atoms with E-state index in [1.165, 1.54) is 0 Å². The van der Waals surface area contributed by atoms with E-state index >= 15 is 0 Å². The van der Waals surface area contributed by atoms with Crippen molar-refractivity contribution in [2.24, 2.45) is 0 Å². The van der Waals surface area contributed by atoms with Gasteiger partial charge in [0.1, 0.15) is 24.4 Å². The Morgan fingerprint density at radius 2 is 1.39 bits per heavy atom. The van der Waals surface area contributed by atoms with Crippen molar-refractivity contribution in [2.75, 3.05) is 6.61 Å². The maximum absolute atomic E-state index is 9.90. The second-order valence-corrected chi connectivity index (χ2v) is 3.58. The summed E-state index contributed by atoms with van der Waals surface area (Å²) in [6.07, 6.45) is -6.84. The molecule has 0 radical (unpaired) electrons. The van der Waals surface area contributed by atoms with Crippen LogP contribution in [0.25, 0.3) is 0 Å². The summed E-state index contributed by atoms with van der Waals surface area (Å²) in [5, 5.41) is 43.5. The van der Waals surface area contributed by atoms with Crippen LogP contribution in [0.1, 0.15) is 0 Å². The van der Waals surface area contributed by atoms with Crippen LogP contribution in [0.2, 0.25) is 0 Å². The summed E-state index contributed by atoms with van der Waals surface area (Å²) >= 11 is 0. The molecule has 0 amide bonds. The maximum atomic E-state index is 9.90. The van der Waals surface area contributed by atoms with E-state index in [0.29, 0.717) is 0 Å². The molecule has 0 saturated heterocycles. The standard InChI is InChI=1S/C6H12O6.Ca.H2O4S/c7-1-3(9)5(11)6(12)4(10)2-8;;1-5(2,3)4/h1,3-6,8-12H,2H2;;(H2,1,2,3,4)/q;+2;/p-2. The van der Waals surface area contributed by atoms with Crippen molar-refractivity contribution in [1.82, 2.24) is 0 Å². The number of hydrogen-bond donors (Lipinski definition) is 5. The third-order valence-corrected chi connectivity index (χ3v) is 1.42. The zero-order valence-electron chi connectivity index (χ0n) is 8.99. The normalized spacial score (nSPS) is 17.3. The zero-order chi connectivity index (χ0) is 14.2. The summed E-state index contributed by atoms with van der Waals surface area (Å²) in [4.78, 5) is 9.90. The third-order valence-electron chi connectivity index (χ3n) is 1.42. The van der Waals surface area contributed by atoms with Gasteiger partial charge in [0.05, 0.1) is 6.61 Å². The molecule has 10 nitrogen and oxygen atoms in total. The Hall–Kier alpha value is 0.600. The van der Waals surface area contributed by atoms with E-state index in [4.69, 9.17) is 43.1 Å². The second-order valence-electron chi connectivity index (χ2n) is 2.77. The van der Waals surface area contributed by atoms with Gasteiger partial charge in [-0.05, 0) is 0 Å². The Bertz CT molecular complexity index is 297.